The van der Waals surface area contributed by atoms with Crippen LogP contribution in [0.3, 0.4) is 0 Å². The summed E-state index contributed by atoms with van der Waals surface area (Å²) in [6.07, 6.45) is -0.0800. The lowest BCUT2D eigenvalue weighted by Gasteiger charge is -2.28. The summed E-state index contributed by atoms with van der Waals surface area (Å²) < 4.78 is 10.2. The average Bonchev–Trinajstić information content (AvgIpc) is 3.10. The van der Waals surface area contributed by atoms with Crippen molar-refractivity contribution in [3.8, 4) is 0 Å². The Morgan fingerprint density at radius 3 is 2.59 bits per heavy atom. The number of carboxylic acids is 1. The maximum absolute atomic E-state index is 12.6. The van der Waals surface area contributed by atoms with Gasteiger partial charge in [0, 0.05) is 19.0 Å². The van der Waals surface area contributed by atoms with Crippen LogP contribution in [0.5, 0.6) is 0 Å². The van der Waals surface area contributed by atoms with Crippen molar-refractivity contribution >= 4 is 23.8 Å². The minimum atomic E-state index is -1.14. The average molecular weight is 403 g/mol. The molecule has 0 aliphatic carbocycles. The molecule has 156 valence electrons. The maximum atomic E-state index is 12.6. The van der Waals surface area contributed by atoms with Crippen molar-refractivity contribution in [1.29, 1.82) is 0 Å². The molecule has 0 aliphatic heterocycles. The molecule has 1 aromatic carbocycles. The zero-order valence-electron chi connectivity index (χ0n) is 16.5. The number of carbonyl (C=O) groups is 3. The predicted octanol–water partition coefficient (Wildman–Crippen LogP) is 3.20. The summed E-state index contributed by atoms with van der Waals surface area (Å²) in [5.41, 5.74) is 0.780. The molecule has 9 heteroatoms. The molecule has 0 fully saturated rings. The predicted molar refractivity (Wildman–Crippen MR) is 104 cm³/mol. The fraction of sp³-hybridized carbons (Fsp3) is 0.400. The van der Waals surface area contributed by atoms with Gasteiger partial charge in [-0.25, -0.2) is 9.59 Å². The number of anilines is 1. The Bertz CT molecular complexity index is 821. The standard InChI is InChI=1S/C20H25N3O6/c1-3-7-16(19(25)26)23(20(27)28-13-15-8-5-4-6-9-15)11-10-18(24)21-17-12-14(2)29-22-17/h4-6,8-9,12,16H,3,7,10-11,13H2,1-2H3,(H,25,26)(H,21,22,24). The van der Waals surface area contributed by atoms with Gasteiger partial charge in [-0.2, -0.15) is 0 Å². The van der Waals surface area contributed by atoms with Crippen molar-refractivity contribution < 1.29 is 28.8 Å². The number of rotatable bonds is 10. The number of amides is 2. The molecule has 2 N–H and O–H groups in total. The van der Waals surface area contributed by atoms with Gasteiger partial charge in [0.1, 0.15) is 18.4 Å². The molecule has 2 rings (SSSR count). The van der Waals surface area contributed by atoms with Crippen LogP contribution in [-0.2, 0) is 20.9 Å². The number of benzene rings is 1. The van der Waals surface area contributed by atoms with Crippen molar-refractivity contribution in [2.24, 2.45) is 0 Å². The zero-order valence-corrected chi connectivity index (χ0v) is 16.5. The molecule has 0 bridgehead atoms. The van der Waals surface area contributed by atoms with Gasteiger partial charge in [-0.15, -0.1) is 0 Å². The van der Waals surface area contributed by atoms with E-state index in [1.165, 1.54) is 0 Å². The molecule has 0 aliphatic rings. The summed E-state index contributed by atoms with van der Waals surface area (Å²) in [4.78, 5) is 37.5. The largest absolute Gasteiger partial charge is 0.480 e. The number of hydrogen-bond acceptors (Lipinski definition) is 6. The van der Waals surface area contributed by atoms with E-state index in [4.69, 9.17) is 9.26 Å². The molecule has 1 heterocycles. The Morgan fingerprint density at radius 2 is 2.00 bits per heavy atom. The topological polar surface area (TPSA) is 122 Å². The van der Waals surface area contributed by atoms with Gasteiger partial charge < -0.3 is 19.7 Å². The van der Waals surface area contributed by atoms with E-state index in [1.807, 2.05) is 25.1 Å². The molecule has 1 aromatic heterocycles. The first-order chi connectivity index (χ1) is 13.9. The second kappa shape index (κ2) is 10.8. The third-order valence-electron chi connectivity index (χ3n) is 4.14. The normalized spacial score (nSPS) is 11.5. The van der Waals surface area contributed by atoms with E-state index in [1.54, 1.807) is 25.1 Å². The Hall–Kier alpha value is -3.36. The fourth-order valence-corrected chi connectivity index (χ4v) is 2.72. The highest BCUT2D eigenvalue weighted by Gasteiger charge is 2.30. The van der Waals surface area contributed by atoms with E-state index in [-0.39, 0.29) is 31.8 Å². The van der Waals surface area contributed by atoms with Crippen LogP contribution in [0.2, 0.25) is 0 Å². The second-order valence-electron chi connectivity index (χ2n) is 6.50. The molecule has 1 unspecified atom stereocenters. The molecule has 2 amide bonds. The summed E-state index contributed by atoms with van der Waals surface area (Å²) in [6.45, 7) is 3.42. The van der Waals surface area contributed by atoms with Gasteiger partial charge in [-0.1, -0.05) is 48.8 Å². The Morgan fingerprint density at radius 1 is 1.28 bits per heavy atom. The van der Waals surface area contributed by atoms with Crippen molar-refractivity contribution in [2.45, 2.75) is 45.8 Å². The quantitative estimate of drug-likeness (QED) is 0.624. The summed E-state index contributed by atoms with van der Waals surface area (Å²) in [6, 6.07) is 9.54. The number of nitrogens with zero attached hydrogens (tertiary/aromatic N) is 2. The first kappa shape index (κ1) is 21.9. The third kappa shape index (κ3) is 6.95. The molecule has 9 nitrogen and oxygen atoms in total. The minimum Gasteiger partial charge on any atom is -0.480 e. The van der Waals surface area contributed by atoms with E-state index in [0.717, 1.165) is 10.5 Å². The lowest BCUT2D eigenvalue weighted by molar-refractivity contribution is -0.143. The van der Waals surface area contributed by atoms with Gasteiger partial charge in [-0.05, 0) is 18.9 Å². The maximum Gasteiger partial charge on any atom is 0.410 e. The van der Waals surface area contributed by atoms with Crippen LogP contribution in [0.25, 0.3) is 0 Å². The SMILES string of the molecule is CCCC(C(=O)O)N(CCC(=O)Nc1cc(C)on1)C(=O)OCc1ccccc1. The number of aliphatic carboxylic acids is 1. The van der Waals surface area contributed by atoms with Gasteiger partial charge >= 0.3 is 12.1 Å². The van der Waals surface area contributed by atoms with Crippen LogP contribution in [0.15, 0.2) is 40.9 Å². The highest BCUT2D eigenvalue weighted by Crippen LogP contribution is 2.13. The van der Waals surface area contributed by atoms with Crippen LogP contribution in [0.4, 0.5) is 10.6 Å². The molecule has 1 atom stereocenters. The smallest absolute Gasteiger partial charge is 0.410 e. The van der Waals surface area contributed by atoms with Crippen LogP contribution in [0.1, 0.15) is 37.5 Å². The van der Waals surface area contributed by atoms with Crippen molar-refractivity contribution in [3.05, 3.63) is 47.7 Å². The van der Waals surface area contributed by atoms with Crippen molar-refractivity contribution in [3.63, 3.8) is 0 Å². The number of carbonyl (C=O) groups excluding carboxylic acids is 2. The fourth-order valence-electron chi connectivity index (χ4n) is 2.72. The minimum absolute atomic E-state index is 0.0129. The Balaban J connectivity index is 2.01. The van der Waals surface area contributed by atoms with Crippen LogP contribution in [-0.4, -0.2) is 45.7 Å². The van der Waals surface area contributed by atoms with Gasteiger partial charge in [-0.3, -0.25) is 9.69 Å². The number of nitrogens with one attached hydrogen (secondary N) is 1. The van der Waals surface area contributed by atoms with Gasteiger partial charge in [0.25, 0.3) is 0 Å². The van der Waals surface area contributed by atoms with E-state index in [9.17, 15) is 19.5 Å². The Kier molecular flexibility index (Phi) is 8.20. The van der Waals surface area contributed by atoms with Crippen LogP contribution >= 0.6 is 0 Å². The summed E-state index contributed by atoms with van der Waals surface area (Å²) in [7, 11) is 0. The number of aryl methyl sites for hydroxylation is 1. The number of hydrogen-bond donors (Lipinski definition) is 2. The number of ether oxygens (including phenoxy) is 1. The van der Waals surface area contributed by atoms with Gasteiger partial charge in [0.15, 0.2) is 5.82 Å². The first-order valence-corrected chi connectivity index (χ1v) is 9.34. The van der Waals surface area contributed by atoms with E-state index in [0.29, 0.717) is 12.2 Å². The van der Waals surface area contributed by atoms with E-state index >= 15 is 0 Å². The van der Waals surface area contributed by atoms with Gasteiger partial charge in [0.05, 0.1) is 0 Å². The second-order valence-corrected chi connectivity index (χ2v) is 6.50. The first-order valence-electron chi connectivity index (χ1n) is 9.34. The van der Waals surface area contributed by atoms with Crippen LogP contribution < -0.4 is 5.32 Å². The molecule has 0 spiro atoms. The monoisotopic (exact) mass is 403 g/mol. The number of carboxylic acid groups (broad SMARTS) is 1. The van der Waals surface area contributed by atoms with Crippen molar-refractivity contribution in [1.82, 2.24) is 10.1 Å². The summed E-state index contributed by atoms with van der Waals surface area (Å²) in [5.74, 6) is -0.759. The van der Waals surface area contributed by atoms with E-state index < -0.39 is 24.0 Å². The highest BCUT2D eigenvalue weighted by molar-refractivity contribution is 5.90. The van der Waals surface area contributed by atoms with Crippen LogP contribution in [0, 0.1) is 6.92 Å². The zero-order chi connectivity index (χ0) is 21.2. The third-order valence-corrected chi connectivity index (χ3v) is 4.14. The lowest BCUT2D eigenvalue weighted by Crippen LogP contribution is -2.46. The molecule has 0 radical (unpaired) electrons. The molecule has 0 saturated carbocycles. The molecular weight excluding hydrogens is 378 g/mol. The molecule has 29 heavy (non-hydrogen) atoms. The van der Waals surface area contributed by atoms with E-state index in [2.05, 4.69) is 10.5 Å². The van der Waals surface area contributed by atoms with Gasteiger partial charge in [0.2, 0.25) is 5.91 Å². The summed E-state index contributed by atoms with van der Waals surface area (Å²) >= 11 is 0. The Labute approximate surface area is 168 Å². The highest BCUT2D eigenvalue weighted by atomic mass is 16.6. The number of aromatic nitrogens is 1. The summed E-state index contributed by atoms with van der Waals surface area (Å²) in [5, 5.41) is 15.8. The molecular formula is C20H25N3O6. The molecule has 2 aromatic rings. The van der Waals surface area contributed by atoms with Crippen molar-refractivity contribution in [2.75, 3.05) is 11.9 Å². The molecule has 0 saturated heterocycles. The lowest BCUT2D eigenvalue weighted by atomic mass is 10.1.